The van der Waals surface area contributed by atoms with Crippen molar-refractivity contribution < 1.29 is 19.3 Å². The van der Waals surface area contributed by atoms with E-state index in [1.165, 1.54) is 7.11 Å². The van der Waals surface area contributed by atoms with E-state index in [2.05, 4.69) is 0 Å². The maximum Gasteiger partial charge on any atom is 0.162 e. The Labute approximate surface area is 135 Å². The minimum atomic E-state index is -0.266. The number of phenols is 1. The van der Waals surface area contributed by atoms with Crippen LogP contribution in [0.5, 0.6) is 23.0 Å². The molecule has 1 aliphatic rings. The Morgan fingerprint density at radius 3 is 2.65 bits per heavy atom. The van der Waals surface area contributed by atoms with Crippen LogP contribution in [0.15, 0.2) is 42.5 Å². The summed E-state index contributed by atoms with van der Waals surface area (Å²) in [5, 5.41) is 9.75. The maximum atomic E-state index is 9.75. The molecule has 23 heavy (non-hydrogen) atoms. The van der Waals surface area contributed by atoms with Gasteiger partial charge in [-0.1, -0.05) is 24.3 Å². The minimum absolute atomic E-state index is 0.108. The van der Waals surface area contributed by atoms with Crippen LogP contribution < -0.4 is 14.2 Å². The fourth-order valence-electron chi connectivity index (χ4n) is 2.72. The monoisotopic (exact) mass is 312 g/mol. The lowest BCUT2D eigenvalue weighted by Crippen LogP contribution is -2.30. The molecule has 0 aliphatic carbocycles. The predicted octanol–water partition coefficient (Wildman–Crippen LogP) is 4.33. The minimum Gasteiger partial charge on any atom is -0.504 e. The fourth-order valence-corrected chi connectivity index (χ4v) is 2.72. The van der Waals surface area contributed by atoms with Gasteiger partial charge in [-0.25, -0.2) is 0 Å². The molecular weight excluding hydrogens is 292 g/mol. The number of fused-ring (bicyclic) bond motifs is 1. The Morgan fingerprint density at radius 1 is 1.09 bits per heavy atom. The molecule has 4 nitrogen and oxygen atoms in total. The van der Waals surface area contributed by atoms with E-state index in [-0.39, 0.29) is 18.0 Å². The van der Waals surface area contributed by atoms with Crippen molar-refractivity contribution in [2.45, 2.75) is 26.1 Å². The summed E-state index contributed by atoms with van der Waals surface area (Å²) in [6, 6.07) is 11.1. The van der Waals surface area contributed by atoms with Gasteiger partial charge in [0.1, 0.15) is 6.10 Å². The van der Waals surface area contributed by atoms with Crippen LogP contribution >= 0.6 is 0 Å². The van der Waals surface area contributed by atoms with Crippen molar-refractivity contribution in [2.75, 3.05) is 7.11 Å². The van der Waals surface area contributed by atoms with E-state index in [1.807, 2.05) is 50.3 Å². The first-order valence-electron chi connectivity index (χ1n) is 7.59. The zero-order chi connectivity index (χ0) is 16.4. The summed E-state index contributed by atoms with van der Waals surface area (Å²) in [5.74, 6) is 1.99. The fraction of sp³-hybridized carbons (Fsp3) is 0.263. The van der Waals surface area contributed by atoms with Gasteiger partial charge in [0.15, 0.2) is 29.1 Å². The zero-order valence-electron chi connectivity index (χ0n) is 13.4. The summed E-state index contributed by atoms with van der Waals surface area (Å²) < 4.78 is 17.3. The summed E-state index contributed by atoms with van der Waals surface area (Å²) in [6.45, 7) is 3.94. The van der Waals surface area contributed by atoms with E-state index in [0.29, 0.717) is 5.75 Å². The van der Waals surface area contributed by atoms with Crippen LogP contribution in [-0.4, -0.2) is 18.3 Å². The lowest BCUT2D eigenvalue weighted by atomic mass is 10.0. The van der Waals surface area contributed by atoms with Gasteiger partial charge >= 0.3 is 0 Å². The number of phenolic OH excluding ortho intramolecular Hbond substituents is 1. The molecule has 0 amide bonds. The first-order valence-corrected chi connectivity index (χ1v) is 7.59. The highest BCUT2D eigenvalue weighted by Gasteiger charge is 2.30. The first-order chi connectivity index (χ1) is 11.1. The second-order valence-electron chi connectivity index (χ2n) is 5.50. The lowest BCUT2D eigenvalue weighted by Gasteiger charge is -2.32. The van der Waals surface area contributed by atoms with Gasteiger partial charge in [-0.2, -0.15) is 0 Å². The van der Waals surface area contributed by atoms with Crippen LogP contribution in [0.1, 0.15) is 31.1 Å². The van der Waals surface area contributed by atoms with Gasteiger partial charge in [-0.3, -0.25) is 0 Å². The molecule has 1 heterocycles. The van der Waals surface area contributed by atoms with Crippen LogP contribution in [0.4, 0.5) is 0 Å². The standard InChI is InChI=1S/C19H20O4/c1-4-5-13-6-9-16-18(10-13)23-19(12(2)22-16)14-7-8-15(20)17(11-14)21-3/h4-12,19-20H,1-3H3/t12-,19+/m1/s1. The molecule has 3 rings (SSSR count). The normalized spacial score (nSPS) is 19.8. The molecule has 120 valence electrons. The number of methoxy groups -OCH3 is 1. The Morgan fingerprint density at radius 2 is 1.91 bits per heavy atom. The summed E-state index contributed by atoms with van der Waals surface area (Å²) >= 11 is 0. The van der Waals surface area contributed by atoms with E-state index >= 15 is 0 Å². The van der Waals surface area contributed by atoms with Crippen molar-refractivity contribution in [1.29, 1.82) is 0 Å². The Bertz CT molecular complexity index is 736. The number of aromatic hydroxyl groups is 1. The molecule has 0 saturated carbocycles. The summed E-state index contributed by atoms with van der Waals surface area (Å²) in [7, 11) is 1.53. The highest BCUT2D eigenvalue weighted by Crippen LogP contribution is 2.41. The molecule has 0 fully saturated rings. The molecule has 0 radical (unpaired) electrons. The molecule has 0 bridgehead atoms. The third-order valence-electron chi connectivity index (χ3n) is 3.85. The number of hydrogen-bond donors (Lipinski definition) is 1. The number of allylic oxidation sites excluding steroid dienone is 1. The van der Waals surface area contributed by atoms with Crippen molar-refractivity contribution in [2.24, 2.45) is 0 Å². The number of hydrogen-bond acceptors (Lipinski definition) is 4. The second-order valence-corrected chi connectivity index (χ2v) is 5.50. The average Bonchev–Trinajstić information content (AvgIpc) is 2.55. The van der Waals surface area contributed by atoms with Crippen molar-refractivity contribution in [3.05, 3.63) is 53.6 Å². The summed E-state index contributed by atoms with van der Waals surface area (Å²) in [4.78, 5) is 0. The summed E-state index contributed by atoms with van der Waals surface area (Å²) in [5.41, 5.74) is 1.96. The Balaban J connectivity index is 1.94. The quantitative estimate of drug-likeness (QED) is 0.916. The maximum absolute atomic E-state index is 9.75. The van der Waals surface area contributed by atoms with Gasteiger partial charge in [0.2, 0.25) is 0 Å². The van der Waals surface area contributed by atoms with E-state index in [9.17, 15) is 5.11 Å². The van der Waals surface area contributed by atoms with Gasteiger partial charge in [-0.15, -0.1) is 0 Å². The topological polar surface area (TPSA) is 47.9 Å². The van der Waals surface area contributed by atoms with Crippen LogP contribution in [0.3, 0.4) is 0 Å². The number of benzene rings is 2. The lowest BCUT2D eigenvalue weighted by molar-refractivity contribution is 0.0305. The third kappa shape index (κ3) is 2.97. The van der Waals surface area contributed by atoms with Gasteiger partial charge in [0, 0.05) is 5.56 Å². The molecule has 0 spiro atoms. The molecule has 0 saturated heterocycles. The van der Waals surface area contributed by atoms with Crippen LogP contribution in [-0.2, 0) is 0 Å². The highest BCUT2D eigenvalue weighted by atomic mass is 16.6. The molecule has 1 aliphatic heterocycles. The van der Waals surface area contributed by atoms with E-state index in [1.54, 1.807) is 12.1 Å². The molecule has 2 atom stereocenters. The van der Waals surface area contributed by atoms with Gasteiger partial charge in [0.05, 0.1) is 7.11 Å². The van der Waals surface area contributed by atoms with Crippen molar-refractivity contribution >= 4 is 6.08 Å². The third-order valence-corrected chi connectivity index (χ3v) is 3.85. The summed E-state index contributed by atoms with van der Waals surface area (Å²) in [6.07, 6.45) is 3.58. The molecule has 4 heteroatoms. The molecule has 2 aromatic rings. The predicted molar refractivity (Wildman–Crippen MR) is 89.3 cm³/mol. The SMILES string of the molecule is CC=Cc1ccc2c(c1)O[C@H](c1ccc(O)c(OC)c1)[C@@H](C)O2. The molecular formula is C19H20O4. The molecule has 0 unspecified atom stereocenters. The second kappa shape index (κ2) is 6.24. The van der Waals surface area contributed by atoms with Crippen LogP contribution in [0, 0.1) is 0 Å². The van der Waals surface area contributed by atoms with Gasteiger partial charge < -0.3 is 19.3 Å². The van der Waals surface area contributed by atoms with Crippen LogP contribution in [0.2, 0.25) is 0 Å². The largest absolute Gasteiger partial charge is 0.504 e. The number of rotatable bonds is 3. The molecule has 2 aromatic carbocycles. The van der Waals surface area contributed by atoms with E-state index < -0.39 is 0 Å². The van der Waals surface area contributed by atoms with Crippen molar-refractivity contribution in [1.82, 2.24) is 0 Å². The number of ether oxygens (including phenoxy) is 3. The van der Waals surface area contributed by atoms with Gasteiger partial charge in [0.25, 0.3) is 0 Å². The molecule has 1 N–H and O–H groups in total. The van der Waals surface area contributed by atoms with Crippen molar-refractivity contribution in [3.8, 4) is 23.0 Å². The van der Waals surface area contributed by atoms with Crippen LogP contribution in [0.25, 0.3) is 6.08 Å². The first kappa shape index (κ1) is 15.3. The highest BCUT2D eigenvalue weighted by molar-refractivity contribution is 5.56. The Kier molecular flexibility index (Phi) is 4.15. The van der Waals surface area contributed by atoms with E-state index in [4.69, 9.17) is 14.2 Å². The smallest absolute Gasteiger partial charge is 0.162 e. The van der Waals surface area contributed by atoms with E-state index in [0.717, 1.165) is 22.6 Å². The van der Waals surface area contributed by atoms with Gasteiger partial charge in [-0.05, 0) is 43.7 Å². The average molecular weight is 312 g/mol. The zero-order valence-corrected chi connectivity index (χ0v) is 13.4. The Hall–Kier alpha value is -2.62. The molecule has 0 aromatic heterocycles. The van der Waals surface area contributed by atoms with Crippen molar-refractivity contribution in [3.63, 3.8) is 0 Å².